The van der Waals surface area contributed by atoms with Gasteiger partial charge in [-0.2, -0.15) is 0 Å². The van der Waals surface area contributed by atoms with Crippen molar-refractivity contribution >= 4 is 0 Å². The van der Waals surface area contributed by atoms with Gasteiger partial charge in [0, 0.05) is 26.1 Å². The van der Waals surface area contributed by atoms with E-state index in [0.717, 1.165) is 18.7 Å². The van der Waals surface area contributed by atoms with Gasteiger partial charge >= 0.3 is 0 Å². The zero-order chi connectivity index (χ0) is 11.6. The summed E-state index contributed by atoms with van der Waals surface area (Å²) >= 11 is 0. The summed E-state index contributed by atoms with van der Waals surface area (Å²) in [6.07, 6.45) is 2.61. The number of furan rings is 1. The van der Waals surface area contributed by atoms with Crippen LogP contribution in [0.4, 0.5) is 0 Å². The molecule has 92 valence electrons. The van der Waals surface area contributed by atoms with Gasteiger partial charge in [0.15, 0.2) is 0 Å². The Hall–Kier alpha value is -0.840. The summed E-state index contributed by atoms with van der Waals surface area (Å²) in [7, 11) is 1.67. The van der Waals surface area contributed by atoms with Crippen LogP contribution in [0.3, 0.4) is 0 Å². The van der Waals surface area contributed by atoms with Crippen molar-refractivity contribution in [2.45, 2.75) is 19.4 Å². The largest absolute Gasteiger partial charge is 0.469 e. The first-order chi connectivity index (χ1) is 7.83. The predicted molar refractivity (Wildman–Crippen MR) is 62.6 cm³/mol. The first kappa shape index (κ1) is 13.2. The van der Waals surface area contributed by atoms with Gasteiger partial charge in [-0.05, 0) is 19.1 Å². The van der Waals surface area contributed by atoms with Crippen LogP contribution in [0.2, 0.25) is 0 Å². The lowest BCUT2D eigenvalue weighted by Crippen LogP contribution is -2.31. The summed E-state index contributed by atoms with van der Waals surface area (Å²) in [5, 5.41) is 3.37. The molecule has 1 unspecified atom stereocenters. The van der Waals surface area contributed by atoms with E-state index < -0.39 is 0 Å². The monoisotopic (exact) mass is 227 g/mol. The zero-order valence-electron chi connectivity index (χ0n) is 10.1. The molecular weight excluding hydrogens is 206 g/mol. The van der Waals surface area contributed by atoms with Gasteiger partial charge in [-0.15, -0.1) is 0 Å². The number of ether oxygens (including phenoxy) is 2. The molecule has 1 rings (SSSR count). The summed E-state index contributed by atoms with van der Waals surface area (Å²) in [6, 6.07) is 4.31. The van der Waals surface area contributed by atoms with Crippen LogP contribution in [0.15, 0.2) is 22.8 Å². The van der Waals surface area contributed by atoms with E-state index in [4.69, 9.17) is 13.9 Å². The highest BCUT2D eigenvalue weighted by atomic mass is 16.5. The molecule has 0 fully saturated rings. The molecule has 0 saturated heterocycles. The lowest BCUT2D eigenvalue weighted by Gasteiger charge is -2.12. The number of methoxy groups -OCH3 is 1. The highest BCUT2D eigenvalue weighted by molar-refractivity contribution is 4.99. The molecule has 0 radical (unpaired) electrons. The zero-order valence-corrected chi connectivity index (χ0v) is 10.1. The standard InChI is InChI=1S/C12H21NO3/c1-11(10-12-4-3-6-16-12)13-5-7-15-9-8-14-2/h3-4,6,11,13H,5,7-10H2,1-2H3. The van der Waals surface area contributed by atoms with Gasteiger partial charge in [-0.25, -0.2) is 0 Å². The van der Waals surface area contributed by atoms with Gasteiger partial charge in [-0.3, -0.25) is 0 Å². The van der Waals surface area contributed by atoms with Crippen molar-refractivity contribution in [3.05, 3.63) is 24.2 Å². The molecular formula is C12H21NO3. The molecule has 0 saturated carbocycles. The van der Waals surface area contributed by atoms with E-state index in [1.54, 1.807) is 13.4 Å². The molecule has 4 nitrogen and oxygen atoms in total. The van der Waals surface area contributed by atoms with Crippen LogP contribution >= 0.6 is 0 Å². The summed E-state index contributed by atoms with van der Waals surface area (Å²) in [4.78, 5) is 0. The second kappa shape index (κ2) is 8.33. The number of nitrogens with one attached hydrogen (secondary N) is 1. The smallest absolute Gasteiger partial charge is 0.105 e. The summed E-state index contributed by atoms with van der Waals surface area (Å²) in [6.45, 7) is 5.02. The highest BCUT2D eigenvalue weighted by Crippen LogP contribution is 2.03. The molecule has 0 aromatic carbocycles. The first-order valence-corrected chi connectivity index (χ1v) is 5.65. The fraction of sp³-hybridized carbons (Fsp3) is 0.667. The van der Waals surface area contributed by atoms with Crippen LogP contribution in [0.1, 0.15) is 12.7 Å². The molecule has 1 aromatic heterocycles. The minimum absolute atomic E-state index is 0.400. The van der Waals surface area contributed by atoms with E-state index in [1.165, 1.54) is 0 Å². The van der Waals surface area contributed by atoms with E-state index in [9.17, 15) is 0 Å². The van der Waals surface area contributed by atoms with E-state index in [-0.39, 0.29) is 0 Å². The van der Waals surface area contributed by atoms with Crippen LogP contribution in [-0.4, -0.2) is 39.5 Å². The number of rotatable bonds is 9. The minimum atomic E-state index is 0.400. The maximum Gasteiger partial charge on any atom is 0.105 e. The van der Waals surface area contributed by atoms with Crippen LogP contribution in [0.25, 0.3) is 0 Å². The minimum Gasteiger partial charge on any atom is -0.469 e. The third-order valence-corrected chi connectivity index (χ3v) is 2.26. The van der Waals surface area contributed by atoms with Crippen molar-refractivity contribution in [3.63, 3.8) is 0 Å². The molecule has 1 heterocycles. The Kier molecular flexibility index (Phi) is 6.88. The lowest BCUT2D eigenvalue weighted by atomic mass is 10.2. The Labute approximate surface area is 96.9 Å². The van der Waals surface area contributed by atoms with Crippen LogP contribution in [0, 0.1) is 0 Å². The number of hydrogen-bond acceptors (Lipinski definition) is 4. The molecule has 0 aliphatic heterocycles. The average molecular weight is 227 g/mol. The van der Waals surface area contributed by atoms with E-state index in [1.807, 2.05) is 12.1 Å². The fourth-order valence-corrected chi connectivity index (χ4v) is 1.42. The predicted octanol–water partition coefficient (Wildman–Crippen LogP) is 1.46. The summed E-state index contributed by atoms with van der Waals surface area (Å²) < 4.78 is 15.5. The summed E-state index contributed by atoms with van der Waals surface area (Å²) in [5.74, 6) is 1.01. The van der Waals surface area contributed by atoms with Crippen molar-refractivity contribution in [1.29, 1.82) is 0 Å². The van der Waals surface area contributed by atoms with E-state index >= 15 is 0 Å². The lowest BCUT2D eigenvalue weighted by molar-refractivity contribution is 0.0712. The van der Waals surface area contributed by atoms with E-state index in [2.05, 4.69) is 12.2 Å². The number of hydrogen-bond donors (Lipinski definition) is 1. The van der Waals surface area contributed by atoms with Gasteiger partial charge in [-0.1, -0.05) is 0 Å². The molecule has 0 aliphatic rings. The second-order valence-electron chi connectivity index (χ2n) is 3.74. The molecule has 1 N–H and O–H groups in total. The Morgan fingerprint density at radius 3 is 2.94 bits per heavy atom. The van der Waals surface area contributed by atoms with Crippen molar-refractivity contribution in [3.8, 4) is 0 Å². The Morgan fingerprint density at radius 1 is 1.38 bits per heavy atom. The fourth-order valence-electron chi connectivity index (χ4n) is 1.42. The highest BCUT2D eigenvalue weighted by Gasteiger charge is 2.04. The van der Waals surface area contributed by atoms with Gasteiger partial charge < -0.3 is 19.2 Å². The third-order valence-electron chi connectivity index (χ3n) is 2.26. The van der Waals surface area contributed by atoms with Crippen molar-refractivity contribution in [2.24, 2.45) is 0 Å². The molecule has 1 atom stereocenters. The van der Waals surface area contributed by atoms with Gasteiger partial charge in [0.1, 0.15) is 5.76 Å². The van der Waals surface area contributed by atoms with Gasteiger partial charge in [0.25, 0.3) is 0 Å². The SMILES string of the molecule is COCCOCCNC(C)Cc1ccco1. The van der Waals surface area contributed by atoms with E-state index in [0.29, 0.717) is 25.9 Å². The molecule has 0 amide bonds. The van der Waals surface area contributed by atoms with Crippen molar-refractivity contribution < 1.29 is 13.9 Å². The first-order valence-electron chi connectivity index (χ1n) is 5.65. The Morgan fingerprint density at radius 2 is 2.25 bits per heavy atom. The molecule has 4 heteroatoms. The maximum atomic E-state index is 5.35. The second-order valence-corrected chi connectivity index (χ2v) is 3.74. The van der Waals surface area contributed by atoms with Crippen LogP contribution in [-0.2, 0) is 15.9 Å². The normalized spacial score (nSPS) is 12.9. The van der Waals surface area contributed by atoms with Crippen LogP contribution < -0.4 is 5.32 Å². The van der Waals surface area contributed by atoms with Crippen molar-refractivity contribution in [2.75, 3.05) is 33.5 Å². The average Bonchev–Trinajstić information content (AvgIpc) is 2.76. The third kappa shape index (κ3) is 5.90. The molecule has 0 bridgehead atoms. The van der Waals surface area contributed by atoms with Gasteiger partial charge in [0.2, 0.25) is 0 Å². The Bertz CT molecular complexity index is 249. The topological polar surface area (TPSA) is 43.6 Å². The van der Waals surface area contributed by atoms with Crippen LogP contribution in [0.5, 0.6) is 0 Å². The quantitative estimate of drug-likeness (QED) is 0.649. The van der Waals surface area contributed by atoms with Gasteiger partial charge in [0.05, 0.1) is 26.1 Å². The Balaban J connectivity index is 1.96. The molecule has 0 aliphatic carbocycles. The molecule has 0 spiro atoms. The molecule has 1 aromatic rings. The maximum absolute atomic E-state index is 5.35. The summed E-state index contributed by atoms with van der Waals surface area (Å²) in [5.41, 5.74) is 0. The van der Waals surface area contributed by atoms with Crippen molar-refractivity contribution in [1.82, 2.24) is 5.32 Å². The molecule has 16 heavy (non-hydrogen) atoms.